The van der Waals surface area contributed by atoms with Crippen molar-refractivity contribution in [2.45, 2.75) is 4.90 Å². The first-order valence-corrected chi connectivity index (χ1v) is 7.92. The number of benzene rings is 1. The average molecular weight is 376 g/mol. The number of aromatic nitrogens is 1. The molecule has 6 nitrogen and oxygen atoms in total. The minimum absolute atomic E-state index is 0.0525. The van der Waals surface area contributed by atoms with Crippen LogP contribution in [-0.2, 0) is 17.1 Å². The summed E-state index contributed by atoms with van der Waals surface area (Å²) < 4.78 is 41.7. The smallest absolute Gasteiger partial charge is 0.264 e. The number of anilines is 2. The molecular formula is C12H11BrFN3O3S. The zero-order chi connectivity index (χ0) is 15.8. The minimum Gasteiger partial charge on any atom is -0.399 e. The first-order chi connectivity index (χ1) is 9.70. The zero-order valence-corrected chi connectivity index (χ0v) is 13.2. The molecule has 0 saturated carbocycles. The summed E-state index contributed by atoms with van der Waals surface area (Å²) in [6.07, 6.45) is 1.29. The molecule has 0 saturated heterocycles. The van der Waals surface area contributed by atoms with Crippen molar-refractivity contribution in [3.8, 4) is 0 Å². The summed E-state index contributed by atoms with van der Waals surface area (Å²) in [6, 6.07) is 4.77. The van der Waals surface area contributed by atoms with Gasteiger partial charge in [-0.1, -0.05) is 0 Å². The number of halogens is 2. The van der Waals surface area contributed by atoms with E-state index >= 15 is 0 Å². The van der Waals surface area contributed by atoms with Gasteiger partial charge in [0.1, 0.15) is 4.90 Å². The number of pyridine rings is 1. The first kappa shape index (κ1) is 15.5. The fourth-order valence-electron chi connectivity index (χ4n) is 1.64. The number of nitrogens with zero attached hydrogens (tertiary/aromatic N) is 1. The molecule has 0 aliphatic rings. The molecule has 0 fully saturated rings. The highest BCUT2D eigenvalue weighted by Crippen LogP contribution is 2.27. The standard InChI is InChI=1S/C12H11BrFN3O3S/c1-17-6-8(2-3-11(17)18)16-21(19,20)10-5-7(15)4-9(13)12(10)14/h2-6,16H,15H2,1H3. The van der Waals surface area contributed by atoms with Gasteiger partial charge in [0.15, 0.2) is 5.82 Å². The van der Waals surface area contributed by atoms with E-state index in [-0.39, 0.29) is 21.4 Å². The van der Waals surface area contributed by atoms with Crippen LogP contribution >= 0.6 is 15.9 Å². The Hall–Kier alpha value is -1.87. The number of aryl methyl sites for hydroxylation is 1. The van der Waals surface area contributed by atoms with Crippen LogP contribution in [0.3, 0.4) is 0 Å². The molecule has 2 aromatic rings. The van der Waals surface area contributed by atoms with Crippen LogP contribution in [0.4, 0.5) is 15.8 Å². The minimum atomic E-state index is -4.17. The molecule has 0 unspecified atom stereocenters. The molecule has 1 aromatic heterocycles. The number of sulfonamides is 1. The maximum atomic E-state index is 13.9. The van der Waals surface area contributed by atoms with Crippen LogP contribution < -0.4 is 16.0 Å². The Balaban J connectivity index is 2.48. The van der Waals surface area contributed by atoms with Crippen molar-refractivity contribution in [2.24, 2.45) is 7.05 Å². The molecule has 0 aliphatic carbocycles. The molecular weight excluding hydrogens is 365 g/mol. The van der Waals surface area contributed by atoms with E-state index in [0.29, 0.717) is 0 Å². The number of nitrogen functional groups attached to an aromatic ring is 1. The summed E-state index contributed by atoms with van der Waals surface area (Å²) >= 11 is 2.90. The lowest BCUT2D eigenvalue weighted by Crippen LogP contribution is -2.19. The van der Waals surface area contributed by atoms with E-state index in [0.717, 1.165) is 6.07 Å². The summed E-state index contributed by atoms with van der Waals surface area (Å²) in [6.45, 7) is 0. The van der Waals surface area contributed by atoms with Crippen molar-refractivity contribution >= 4 is 37.3 Å². The van der Waals surface area contributed by atoms with Crippen LogP contribution in [0.5, 0.6) is 0 Å². The first-order valence-electron chi connectivity index (χ1n) is 5.65. The lowest BCUT2D eigenvalue weighted by Gasteiger charge is -2.11. The van der Waals surface area contributed by atoms with Crippen molar-refractivity contribution in [1.82, 2.24) is 4.57 Å². The van der Waals surface area contributed by atoms with Gasteiger partial charge in [-0.3, -0.25) is 9.52 Å². The number of rotatable bonds is 3. The maximum Gasteiger partial charge on any atom is 0.264 e. The summed E-state index contributed by atoms with van der Waals surface area (Å²) in [4.78, 5) is 10.7. The molecule has 21 heavy (non-hydrogen) atoms. The third-order valence-electron chi connectivity index (χ3n) is 2.64. The van der Waals surface area contributed by atoms with Crippen molar-refractivity contribution in [3.05, 3.63) is 51.1 Å². The molecule has 112 valence electrons. The van der Waals surface area contributed by atoms with E-state index in [1.165, 1.54) is 36.0 Å². The van der Waals surface area contributed by atoms with Gasteiger partial charge in [0.25, 0.3) is 10.0 Å². The Morgan fingerprint density at radius 1 is 1.33 bits per heavy atom. The van der Waals surface area contributed by atoms with E-state index in [2.05, 4.69) is 20.7 Å². The lowest BCUT2D eigenvalue weighted by atomic mass is 10.3. The second-order valence-corrected chi connectivity index (χ2v) is 6.79. The predicted molar refractivity (Wildman–Crippen MR) is 81.0 cm³/mol. The van der Waals surface area contributed by atoms with Crippen LogP contribution in [0.25, 0.3) is 0 Å². The third-order valence-corrected chi connectivity index (χ3v) is 4.60. The Morgan fingerprint density at radius 2 is 2.00 bits per heavy atom. The predicted octanol–water partition coefficient (Wildman–Crippen LogP) is 1.67. The Morgan fingerprint density at radius 3 is 2.62 bits per heavy atom. The maximum absolute atomic E-state index is 13.9. The summed E-state index contributed by atoms with van der Waals surface area (Å²) in [5.74, 6) is -0.943. The molecule has 0 spiro atoms. The van der Waals surface area contributed by atoms with E-state index in [1.54, 1.807) is 0 Å². The fraction of sp³-hybridized carbons (Fsp3) is 0.0833. The van der Waals surface area contributed by atoms with Crippen LogP contribution in [0.1, 0.15) is 0 Å². The topological polar surface area (TPSA) is 94.2 Å². The molecule has 0 radical (unpaired) electrons. The van der Waals surface area contributed by atoms with Crippen LogP contribution in [0, 0.1) is 5.82 Å². The van der Waals surface area contributed by atoms with Crippen LogP contribution in [0.2, 0.25) is 0 Å². The van der Waals surface area contributed by atoms with E-state index in [9.17, 15) is 17.6 Å². The van der Waals surface area contributed by atoms with E-state index in [1.807, 2.05) is 0 Å². The van der Waals surface area contributed by atoms with Crippen molar-refractivity contribution in [2.75, 3.05) is 10.5 Å². The Labute approximate surface area is 128 Å². The van der Waals surface area contributed by atoms with Gasteiger partial charge >= 0.3 is 0 Å². The van der Waals surface area contributed by atoms with Crippen molar-refractivity contribution in [1.29, 1.82) is 0 Å². The second kappa shape index (κ2) is 5.49. The zero-order valence-electron chi connectivity index (χ0n) is 10.8. The van der Waals surface area contributed by atoms with Gasteiger partial charge in [0.05, 0.1) is 10.2 Å². The Bertz CT molecular complexity index is 865. The van der Waals surface area contributed by atoms with Crippen molar-refractivity contribution < 1.29 is 12.8 Å². The van der Waals surface area contributed by atoms with Gasteiger partial charge < -0.3 is 10.3 Å². The number of hydrogen-bond acceptors (Lipinski definition) is 4. The van der Waals surface area contributed by atoms with Gasteiger partial charge in [0, 0.05) is 25.0 Å². The van der Waals surface area contributed by atoms with Gasteiger partial charge in [-0.2, -0.15) is 0 Å². The third kappa shape index (κ3) is 3.24. The largest absolute Gasteiger partial charge is 0.399 e. The second-order valence-electron chi connectivity index (χ2n) is 4.29. The Kier molecular flexibility index (Phi) is 4.06. The number of nitrogens with two attached hydrogens (primary N) is 1. The fourth-order valence-corrected chi connectivity index (χ4v) is 3.43. The normalized spacial score (nSPS) is 11.4. The summed E-state index contributed by atoms with van der Waals surface area (Å²) in [5.41, 5.74) is 5.47. The molecule has 0 amide bonds. The molecule has 0 atom stereocenters. The highest BCUT2D eigenvalue weighted by Gasteiger charge is 2.22. The lowest BCUT2D eigenvalue weighted by molar-refractivity contribution is 0.567. The monoisotopic (exact) mass is 375 g/mol. The van der Waals surface area contributed by atoms with Gasteiger partial charge in [0.2, 0.25) is 5.56 Å². The van der Waals surface area contributed by atoms with E-state index in [4.69, 9.17) is 5.73 Å². The molecule has 0 aliphatic heterocycles. The van der Waals surface area contributed by atoms with Gasteiger partial charge in [-0.25, -0.2) is 12.8 Å². The molecule has 3 N–H and O–H groups in total. The summed E-state index contributed by atoms with van der Waals surface area (Å²) in [7, 11) is -2.70. The van der Waals surface area contributed by atoms with Gasteiger partial charge in [-0.15, -0.1) is 0 Å². The number of hydrogen-bond donors (Lipinski definition) is 2. The van der Waals surface area contributed by atoms with Crippen LogP contribution in [-0.4, -0.2) is 13.0 Å². The molecule has 0 bridgehead atoms. The SMILES string of the molecule is Cn1cc(NS(=O)(=O)c2cc(N)cc(Br)c2F)ccc1=O. The average Bonchev–Trinajstić information content (AvgIpc) is 2.37. The quantitative estimate of drug-likeness (QED) is 0.797. The van der Waals surface area contributed by atoms with Crippen molar-refractivity contribution in [3.63, 3.8) is 0 Å². The highest BCUT2D eigenvalue weighted by atomic mass is 79.9. The van der Waals surface area contributed by atoms with Crippen LogP contribution in [0.15, 0.2) is 44.6 Å². The van der Waals surface area contributed by atoms with Gasteiger partial charge in [-0.05, 0) is 34.1 Å². The molecule has 2 rings (SSSR count). The highest BCUT2D eigenvalue weighted by molar-refractivity contribution is 9.10. The summed E-state index contributed by atoms with van der Waals surface area (Å²) in [5, 5.41) is 0. The molecule has 9 heteroatoms. The number of nitrogens with one attached hydrogen (secondary N) is 1. The molecule has 1 aromatic carbocycles. The van der Waals surface area contributed by atoms with E-state index < -0.39 is 20.7 Å². The molecule has 1 heterocycles.